The molecule has 0 saturated carbocycles. The molecular weight excluding hydrogens is 851 g/mol. The fourth-order valence-corrected chi connectivity index (χ4v) is 8.34. The highest BCUT2D eigenvalue weighted by Crippen LogP contribution is 2.23. The number of rotatable bonds is 46. The molecule has 1 fully saturated rings. The molecule has 6 N–H and O–H groups in total. The largest absolute Gasteiger partial charge is 0.394 e. The highest BCUT2D eigenvalue weighted by atomic mass is 16.7. The first kappa shape index (κ1) is 63.4. The number of carbonyl (C=O) groups excluding carboxylic acids is 1. The molecular formula is C59H103NO8. The lowest BCUT2D eigenvalue weighted by Crippen LogP contribution is -2.60. The van der Waals surface area contributed by atoms with Crippen LogP contribution in [-0.4, -0.2) is 87.5 Å². The Morgan fingerprint density at radius 1 is 0.515 bits per heavy atom. The first-order valence-corrected chi connectivity index (χ1v) is 27.8. The molecule has 7 atom stereocenters. The van der Waals surface area contributed by atoms with Crippen LogP contribution in [0.15, 0.2) is 85.1 Å². The Labute approximate surface area is 416 Å². The van der Waals surface area contributed by atoms with Crippen LogP contribution < -0.4 is 5.32 Å². The second-order valence-corrected chi connectivity index (χ2v) is 19.0. The number of aliphatic hydroxyl groups is 5. The number of unbranched alkanes of at least 4 members (excludes halogenated alkanes) is 24. The zero-order valence-electron chi connectivity index (χ0n) is 43.3. The van der Waals surface area contributed by atoms with Crippen LogP contribution >= 0.6 is 0 Å². The van der Waals surface area contributed by atoms with Gasteiger partial charge in [-0.05, 0) is 70.6 Å². The second-order valence-electron chi connectivity index (χ2n) is 19.0. The van der Waals surface area contributed by atoms with Crippen LogP contribution in [0.3, 0.4) is 0 Å². The normalized spacial score (nSPS) is 20.2. The smallest absolute Gasteiger partial charge is 0.220 e. The first-order chi connectivity index (χ1) is 33.3. The number of hydrogen-bond donors (Lipinski definition) is 6. The Balaban J connectivity index is 1.99. The second kappa shape index (κ2) is 48.0. The average molecular weight is 954 g/mol. The van der Waals surface area contributed by atoms with Gasteiger partial charge < -0.3 is 40.3 Å². The van der Waals surface area contributed by atoms with E-state index in [1.165, 1.54) is 116 Å². The Morgan fingerprint density at radius 2 is 0.912 bits per heavy atom. The first-order valence-electron chi connectivity index (χ1n) is 27.8. The number of hydrogen-bond acceptors (Lipinski definition) is 8. The Morgan fingerprint density at radius 3 is 1.35 bits per heavy atom. The number of amides is 1. The molecule has 1 heterocycles. The standard InChI is InChI=1S/C59H103NO8/c1-3-5-7-9-11-12-13-14-15-16-17-18-19-20-21-22-23-24-25-26-27-28-29-30-31-32-33-34-35-36-37-38-39-40-41-42-43-45-47-49-55(63)60-52(53(62)48-46-44-10-8-6-4-2)51-67-59-58(66)57(65)56(64)54(50-61)68-59/h5,7,11-12,14-15,17-18,20-21,23-24,46,48,52-54,56-59,61-62,64-66H,3-4,6,8-10,13,16,19,22,25-45,47,49-51H2,1-2H3,(H,60,63)/b7-5-,12-11-,15-14-,18-17-,21-20-,24-23-,48-46+. The van der Waals surface area contributed by atoms with Crippen molar-refractivity contribution in [1.82, 2.24) is 5.32 Å². The summed E-state index contributed by atoms with van der Waals surface area (Å²) in [5, 5.41) is 53.9. The minimum absolute atomic E-state index is 0.183. The molecule has 1 aliphatic heterocycles. The molecule has 0 aromatic carbocycles. The number of ether oxygens (including phenoxy) is 2. The van der Waals surface area contributed by atoms with Crippen molar-refractivity contribution >= 4 is 5.91 Å². The Kier molecular flexibility index (Phi) is 44.8. The molecule has 1 aliphatic rings. The molecule has 0 bridgehead atoms. The fraction of sp³-hybridized carbons (Fsp3) is 0.746. The van der Waals surface area contributed by atoms with Crippen LogP contribution in [0.4, 0.5) is 0 Å². The van der Waals surface area contributed by atoms with Crippen molar-refractivity contribution in [2.75, 3.05) is 13.2 Å². The molecule has 0 aromatic heterocycles. The van der Waals surface area contributed by atoms with E-state index in [4.69, 9.17) is 9.47 Å². The highest BCUT2D eigenvalue weighted by Gasteiger charge is 2.44. The van der Waals surface area contributed by atoms with E-state index < -0.39 is 49.5 Å². The third kappa shape index (κ3) is 37.2. The predicted octanol–water partition coefficient (Wildman–Crippen LogP) is 13.5. The van der Waals surface area contributed by atoms with Crippen molar-refractivity contribution < 1.29 is 39.8 Å². The van der Waals surface area contributed by atoms with E-state index in [2.05, 4.69) is 92.1 Å². The van der Waals surface area contributed by atoms with Gasteiger partial charge in [0.25, 0.3) is 0 Å². The van der Waals surface area contributed by atoms with Gasteiger partial charge in [-0.2, -0.15) is 0 Å². The summed E-state index contributed by atoms with van der Waals surface area (Å²) in [5.74, 6) is -0.183. The van der Waals surface area contributed by atoms with Crippen LogP contribution in [0, 0.1) is 0 Å². The summed E-state index contributed by atoms with van der Waals surface area (Å²) in [7, 11) is 0. The van der Waals surface area contributed by atoms with E-state index in [-0.39, 0.29) is 12.5 Å². The Hall–Kier alpha value is -2.63. The van der Waals surface area contributed by atoms with Crippen molar-refractivity contribution in [1.29, 1.82) is 0 Å². The summed E-state index contributed by atoms with van der Waals surface area (Å²) in [6.45, 7) is 3.57. The topological polar surface area (TPSA) is 149 Å². The van der Waals surface area contributed by atoms with Gasteiger partial charge in [0.15, 0.2) is 6.29 Å². The van der Waals surface area contributed by atoms with E-state index in [1.807, 2.05) is 6.08 Å². The zero-order valence-corrected chi connectivity index (χ0v) is 43.3. The maximum atomic E-state index is 12.9. The maximum absolute atomic E-state index is 12.9. The van der Waals surface area contributed by atoms with Crippen LogP contribution in [0.1, 0.15) is 226 Å². The summed E-state index contributed by atoms with van der Waals surface area (Å²) in [6, 6.07) is -0.802. The molecule has 1 saturated heterocycles. The van der Waals surface area contributed by atoms with Crippen LogP contribution in [0.2, 0.25) is 0 Å². The van der Waals surface area contributed by atoms with Gasteiger partial charge in [-0.15, -0.1) is 0 Å². The quantitative estimate of drug-likeness (QED) is 0.0261. The van der Waals surface area contributed by atoms with Crippen molar-refractivity contribution in [2.24, 2.45) is 0 Å². The van der Waals surface area contributed by atoms with E-state index in [0.717, 1.165) is 89.9 Å². The molecule has 68 heavy (non-hydrogen) atoms. The van der Waals surface area contributed by atoms with Crippen LogP contribution in [-0.2, 0) is 14.3 Å². The van der Waals surface area contributed by atoms with Gasteiger partial charge in [-0.1, -0.05) is 234 Å². The summed E-state index contributed by atoms with van der Waals surface area (Å²) in [6.07, 6.45) is 61.4. The molecule has 9 nitrogen and oxygen atoms in total. The third-order valence-corrected chi connectivity index (χ3v) is 12.7. The minimum atomic E-state index is -1.57. The van der Waals surface area contributed by atoms with E-state index in [0.29, 0.717) is 6.42 Å². The van der Waals surface area contributed by atoms with Gasteiger partial charge in [-0.3, -0.25) is 4.79 Å². The maximum Gasteiger partial charge on any atom is 0.220 e. The SMILES string of the molecule is CC/C=C\C/C=C\C/C=C\C/C=C\C/C=C\C/C=C\CCCCCCCCCCCCCCCCCCCCCCC(=O)NC(COC1OC(CO)C(O)C(O)C1O)C(O)/C=C/CCCCCC. The lowest BCUT2D eigenvalue weighted by atomic mass is 9.99. The highest BCUT2D eigenvalue weighted by molar-refractivity contribution is 5.76. The van der Waals surface area contributed by atoms with Crippen molar-refractivity contribution in [3.63, 3.8) is 0 Å². The van der Waals surface area contributed by atoms with E-state index in [1.54, 1.807) is 6.08 Å². The molecule has 1 rings (SSSR count). The molecule has 0 radical (unpaired) electrons. The minimum Gasteiger partial charge on any atom is -0.394 e. The summed E-state index contributed by atoms with van der Waals surface area (Å²) in [4.78, 5) is 12.9. The number of aliphatic hydroxyl groups excluding tert-OH is 5. The molecule has 0 spiro atoms. The molecule has 0 aromatic rings. The fourth-order valence-electron chi connectivity index (χ4n) is 8.34. The van der Waals surface area contributed by atoms with E-state index in [9.17, 15) is 30.3 Å². The van der Waals surface area contributed by atoms with Crippen LogP contribution in [0.25, 0.3) is 0 Å². The van der Waals surface area contributed by atoms with Crippen molar-refractivity contribution in [3.05, 3.63) is 85.1 Å². The molecule has 0 aliphatic carbocycles. The summed E-state index contributed by atoms with van der Waals surface area (Å²) >= 11 is 0. The molecule has 1 amide bonds. The van der Waals surface area contributed by atoms with Gasteiger partial charge in [0.05, 0.1) is 25.4 Å². The van der Waals surface area contributed by atoms with Gasteiger partial charge in [0.1, 0.15) is 24.4 Å². The lowest BCUT2D eigenvalue weighted by molar-refractivity contribution is -0.302. The van der Waals surface area contributed by atoms with Crippen molar-refractivity contribution in [2.45, 2.75) is 269 Å². The van der Waals surface area contributed by atoms with E-state index >= 15 is 0 Å². The van der Waals surface area contributed by atoms with Gasteiger partial charge in [0, 0.05) is 6.42 Å². The number of nitrogens with one attached hydrogen (secondary N) is 1. The molecule has 9 heteroatoms. The Bertz CT molecular complexity index is 1340. The summed E-state index contributed by atoms with van der Waals surface area (Å²) in [5.41, 5.74) is 0. The van der Waals surface area contributed by atoms with Gasteiger partial charge in [-0.25, -0.2) is 0 Å². The number of allylic oxidation sites excluding steroid dienone is 13. The molecule has 7 unspecified atom stereocenters. The van der Waals surface area contributed by atoms with Gasteiger partial charge in [0.2, 0.25) is 5.91 Å². The van der Waals surface area contributed by atoms with Crippen molar-refractivity contribution in [3.8, 4) is 0 Å². The predicted molar refractivity (Wildman–Crippen MR) is 285 cm³/mol. The monoisotopic (exact) mass is 954 g/mol. The zero-order chi connectivity index (χ0) is 49.4. The average Bonchev–Trinajstić information content (AvgIpc) is 3.34. The van der Waals surface area contributed by atoms with Gasteiger partial charge >= 0.3 is 0 Å². The third-order valence-electron chi connectivity index (χ3n) is 12.7. The summed E-state index contributed by atoms with van der Waals surface area (Å²) < 4.78 is 11.2. The lowest BCUT2D eigenvalue weighted by Gasteiger charge is -2.40. The molecule has 392 valence electrons. The number of carbonyl (C=O) groups is 1. The van der Waals surface area contributed by atoms with Crippen LogP contribution in [0.5, 0.6) is 0 Å².